The first kappa shape index (κ1) is 23.2. The van der Waals surface area contributed by atoms with Crippen LogP contribution in [0.25, 0.3) is 11.5 Å². The van der Waals surface area contributed by atoms with Gasteiger partial charge in [-0.1, -0.05) is 31.4 Å². The van der Waals surface area contributed by atoms with Crippen LogP contribution in [-0.2, 0) is 6.54 Å². The van der Waals surface area contributed by atoms with Gasteiger partial charge in [-0.3, -0.25) is 20.1 Å². The van der Waals surface area contributed by atoms with Gasteiger partial charge in [0.05, 0.1) is 6.04 Å². The number of aromatic nitrogens is 4. The number of carbonyl (C=O) groups is 1. The summed E-state index contributed by atoms with van der Waals surface area (Å²) in [6.07, 6.45) is 6.67. The van der Waals surface area contributed by atoms with Crippen molar-refractivity contribution < 1.29 is 4.79 Å². The normalized spacial score (nSPS) is 17.8. The van der Waals surface area contributed by atoms with Crippen molar-refractivity contribution in [2.24, 2.45) is 0 Å². The first-order chi connectivity index (χ1) is 17.1. The minimum Gasteiger partial charge on any atom is -0.314 e. The lowest BCUT2D eigenvalue weighted by atomic mass is 9.95. The summed E-state index contributed by atoms with van der Waals surface area (Å²) in [6.45, 7) is 5.17. The zero-order valence-corrected chi connectivity index (χ0v) is 20.1. The van der Waals surface area contributed by atoms with Gasteiger partial charge in [0.25, 0.3) is 5.91 Å². The van der Waals surface area contributed by atoms with E-state index in [0.29, 0.717) is 22.9 Å². The topological polar surface area (TPSA) is 117 Å². The summed E-state index contributed by atoms with van der Waals surface area (Å²) in [5.74, 6) is 0.879. The van der Waals surface area contributed by atoms with Crippen LogP contribution >= 0.6 is 0 Å². The summed E-state index contributed by atoms with van der Waals surface area (Å²) in [6, 6.07) is 9.98. The highest BCUT2D eigenvalue weighted by Crippen LogP contribution is 2.31. The second-order valence-electron chi connectivity index (χ2n) is 9.47. The first-order valence-electron chi connectivity index (χ1n) is 12.3. The lowest BCUT2D eigenvalue weighted by Gasteiger charge is -2.36. The van der Waals surface area contributed by atoms with Crippen molar-refractivity contribution in [2.75, 3.05) is 38.2 Å². The number of nitriles is 1. The van der Waals surface area contributed by atoms with E-state index in [-0.39, 0.29) is 17.8 Å². The van der Waals surface area contributed by atoms with E-state index in [9.17, 15) is 10.1 Å². The van der Waals surface area contributed by atoms with Gasteiger partial charge in [-0.15, -0.1) is 0 Å². The molecule has 1 aromatic rings. The molecule has 4 aliphatic rings. The number of amides is 1. The number of hydrazine groups is 1. The van der Waals surface area contributed by atoms with Gasteiger partial charge in [-0.2, -0.15) is 10.2 Å². The molecule has 2 fully saturated rings. The van der Waals surface area contributed by atoms with E-state index in [1.165, 1.54) is 18.3 Å². The maximum atomic E-state index is 13.3. The Hall–Kier alpha value is -3.55. The molecule has 2 N–H and O–H groups in total. The fourth-order valence-corrected chi connectivity index (χ4v) is 4.91. The minimum atomic E-state index is -0.196. The molecular formula is C25H31N9O. The number of hydrogen-bond acceptors (Lipinski definition) is 8. The van der Waals surface area contributed by atoms with E-state index in [1.807, 2.05) is 29.3 Å². The van der Waals surface area contributed by atoms with Crippen LogP contribution in [0.5, 0.6) is 0 Å². The predicted molar refractivity (Wildman–Crippen MR) is 132 cm³/mol. The third-order valence-electron chi connectivity index (χ3n) is 6.98. The highest BCUT2D eigenvalue weighted by molar-refractivity contribution is 5.95. The maximum absolute atomic E-state index is 13.3. The molecule has 5 rings (SSSR count). The average molecular weight is 474 g/mol. The molecule has 0 aromatic heterocycles. The summed E-state index contributed by atoms with van der Waals surface area (Å²) < 4.78 is 0. The molecule has 0 spiro atoms. The second-order valence-corrected chi connectivity index (χ2v) is 9.47. The molecule has 0 unspecified atom stereocenters. The number of rotatable bonds is 6. The Kier molecular flexibility index (Phi) is 6.88. The number of H-pyrrole nitrogens is 1. The van der Waals surface area contributed by atoms with Crippen LogP contribution in [0.2, 0.25) is 0 Å². The van der Waals surface area contributed by atoms with E-state index in [4.69, 9.17) is 0 Å². The van der Waals surface area contributed by atoms with Gasteiger partial charge in [0.2, 0.25) is 5.82 Å². The molecular weight excluding hydrogens is 442 g/mol. The Morgan fingerprint density at radius 1 is 1.14 bits per heavy atom. The highest BCUT2D eigenvalue weighted by atomic mass is 16.2. The van der Waals surface area contributed by atoms with Crippen LogP contribution in [0.1, 0.15) is 53.8 Å². The fraction of sp³-hybridized carbons (Fsp3) is 0.480. The van der Waals surface area contributed by atoms with Crippen LogP contribution in [0.4, 0.5) is 5.82 Å². The molecule has 35 heavy (non-hydrogen) atoms. The zero-order chi connectivity index (χ0) is 24.2. The predicted octanol–water partition coefficient (Wildman–Crippen LogP) is 2.41. The van der Waals surface area contributed by atoms with Gasteiger partial charge in [-0.25, -0.2) is 9.97 Å². The van der Waals surface area contributed by atoms with Crippen molar-refractivity contribution >= 4 is 11.7 Å². The van der Waals surface area contributed by atoms with Crippen LogP contribution in [0, 0.1) is 11.3 Å². The van der Waals surface area contributed by atoms with E-state index in [1.54, 1.807) is 0 Å². The number of likely N-dealkylation sites (N-methyl/N-ethyl adjacent to an activating group) is 1. The third-order valence-corrected chi connectivity index (χ3v) is 6.98. The molecule has 0 atom stereocenters. The van der Waals surface area contributed by atoms with Gasteiger partial charge < -0.3 is 9.88 Å². The van der Waals surface area contributed by atoms with Gasteiger partial charge in [0, 0.05) is 38.3 Å². The van der Waals surface area contributed by atoms with E-state index >= 15 is 0 Å². The number of anilines is 1. The molecule has 1 aromatic carbocycles. The van der Waals surface area contributed by atoms with Crippen LogP contribution in [-0.4, -0.2) is 74.9 Å². The molecule has 1 aliphatic carbocycles. The molecule has 3 heterocycles. The van der Waals surface area contributed by atoms with Crippen molar-refractivity contribution in [2.45, 2.75) is 44.7 Å². The van der Waals surface area contributed by atoms with Gasteiger partial charge >= 0.3 is 0 Å². The van der Waals surface area contributed by atoms with Gasteiger partial charge in [-0.05, 0) is 37.6 Å². The lowest BCUT2D eigenvalue weighted by Crippen LogP contribution is -2.50. The number of hydrogen-bond donors (Lipinski definition) is 2. The molecule has 1 saturated heterocycles. The summed E-state index contributed by atoms with van der Waals surface area (Å²) >= 11 is 0. The van der Waals surface area contributed by atoms with Crippen molar-refractivity contribution in [1.29, 1.82) is 5.26 Å². The zero-order valence-electron chi connectivity index (χ0n) is 20.1. The van der Waals surface area contributed by atoms with E-state index < -0.39 is 0 Å². The molecule has 10 heteroatoms. The molecule has 3 aliphatic heterocycles. The summed E-state index contributed by atoms with van der Waals surface area (Å²) in [7, 11) is 2.15. The maximum Gasteiger partial charge on any atom is 0.269 e. The molecule has 10 nitrogen and oxygen atoms in total. The lowest BCUT2D eigenvalue weighted by molar-refractivity contribution is 0.0941. The number of nitrogens with one attached hydrogen (secondary N) is 2. The van der Waals surface area contributed by atoms with E-state index in [0.717, 1.165) is 58.4 Å². The number of imidazole rings is 1. The number of carbonyl (C=O) groups excluding carboxylic acids is 1. The fourth-order valence-electron chi connectivity index (χ4n) is 4.91. The first-order valence-corrected chi connectivity index (χ1v) is 12.3. The molecule has 0 bridgehead atoms. The smallest absolute Gasteiger partial charge is 0.269 e. The number of piperazine rings is 1. The molecule has 182 valence electrons. The monoisotopic (exact) mass is 473 g/mol. The number of aromatic amines is 1. The average Bonchev–Trinajstić information content (AvgIpc) is 3.38. The number of benzene rings is 1. The summed E-state index contributed by atoms with van der Waals surface area (Å²) in [5.41, 5.74) is 5.43. The van der Waals surface area contributed by atoms with Crippen LogP contribution in [0.3, 0.4) is 0 Å². The van der Waals surface area contributed by atoms with Gasteiger partial charge in [0.1, 0.15) is 12.4 Å². The molecule has 1 saturated carbocycles. The molecule has 0 radical (unpaired) electrons. The second kappa shape index (κ2) is 10.4. The SMILES string of the molecule is CN1CCN(Cc2ccc(C(=O)NN(c3[nH]c(C#N)nc4ncnc3-4)C3CCCCC3)cc2)CC1. The van der Waals surface area contributed by atoms with Gasteiger partial charge in [0.15, 0.2) is 17.3 Å². The summed E-state index contributed by atoms with van der Waals surface area (Å²) in [5, 5.41) is 11.3. The Morgan fingerprint density at radius 2 is 1.89 bits per heavy atom. The number of nitrogens with zero attached hydrogens (tertiary/aromatic N) is 7. The molecule has 1 amide bonds. The van der Waals surface area contributed by atoms with Crippen molar-refractivity contribution in [3.05, 3.63) is 47.5 Å². The number of fused-ring (bicyclic) bond motifs is 1. The Bertz CT molecular complexity index is 1150. The summed E-state index contributed by atoms with van der Waals surface area (Å²) in [4.78, 5) is 33.9. The Morgan fingerprint density at radius 3 is 2.60 bits per heavy atom. The van der Waals surface area contributed by atoms with Crippen LogP contribution in [0.15, 0.2) is 30.6 Å². The Labute approximate surface area is 205 Å². The Balaban J connectivity index is 1.35. The van der Waals surface area contributed by atoms with Crippen molar-refractivity contribution in [3.8, 4) is 17.6 Å². The van der Waals surface area contributed by atoms with Crippen LogP contribution < -0.4 is 10.4 Å². The largest absolute Gasteiger partial charge is 0.314 e. The quantitative estimate of drug-likeness (QED) is 0.524. The minimum absolute atomic E-state index is 0.0919. The van der Waals surface area contributed by atoms with Crippen molar-refractivity contribution in [1.82, 2.24) is 35.2 Å². The third kappa shape index (κ3) is 5.26. The van der Waals surface area contributed by atoms with E-state index in [2.05, 4.69) is 48.3 Å². The highest BCUT2D eigenvalue weighted by Gasteiger charge is 2.29. The van der Waals surface area contributed by atoms with Crippen molar-refractivity contribution in [3.63, 3.8) is 0 Å². The standard InChI is InChI=1S/C25H31N9O/c1-32-11-13-33(14-12-32)16-18-7-9-19(10-8-18)25(35)31-34(20-5-3-2-4-6-20)24-22-23(28-17-27-22)29-21(15-26)30-24/h7-10,17,20H,2-6,11-14,16H2,1H3,(H,31,35)(H,27,28,29,30).